The SMILES string of the molecule is BrB(Br)Br.CN1CC=Cc2c(Cc3ccc(O)cc3)cc3c(=O)n([C@H]4CCCC[C@@H]4O)cnc3c21.CN1CC=Cc2c(Cc3ccc(O)cc3)cc3c(=O)n([C@H]4CCCC[C@@H]4O)cnc3c21.COc1ccc(Cc2cc3c(=O)n([C@H]4CCCC[C@@H]4O)cnc3c3c2C=CCN3C)cc1. The van der Waals surface area contributed by atoms with Crippen molar-refractivity contribution in [2.75, 3.05) is 62.6 Å². The van der Waals surface area contributed by atoms with E-state index in [1.54, 1.807) is 64.1 Å². The number of hydrogen-bond donors (Lipinski definition) is 5. The molecular formula is C76H83BBr3N9O9. The average Bonchev–Trinajstić information content (AvgIpc) is 0.759. The second-order valence-electron chi connectivity index (χ2n) is 26.5. The Bertz CT molecular complexity index is 4460. The zero-order chi connectivity index (χ0) is 68.9. The highest BCUT2D eigenvalue weighted by molar-refractivity contribution is 9.69. The first-order valence-electron chi connectivity index (χ1n) is 33.8. The highest BCUT2D eigenvalue weighted by Crippen LogP contribution is 2.40. The van der Waals surface area contributed by atoms with Crippen LogP contribution in [-0.2, 0) is 19.3 Å². The third-order valence-corrected chi connectivity index (χ3v) is 20.0. The van der Waals surface area contributed by atoms with E-state index in [9.17, 15) is 39.9 Å². The fourth-order valence-corrected chi connectivity index (χ4v) is 15.0. The monoisotopic (exact) mass is 1510 g/mol. The van der Waals surface area contributed by atoms with Crippen molar-refractivity contribution in [3.63, 3.8) is 0 Å². The smallest absolute Gasteiger partial charge is 0.369 e. The maximum atomic E-state index is 13.6. The maximum Gasteiger partial charge on any atom is 0.369 e. The summed E-state index contributed by atoms with van der Waals surface area (Å²) in [6, 6.07) is 27.7. The first kappa shape index (κ1) is 70.0. The second-order valence-corrected chi connectivity index (χ2v) is 33.0. The molecule has 0 amide bonds. The second kappa shape index (κ2) is 31.1. The Kier molecular flexibility index (Phi) is 22.2. The lowest BCUT2D eigenvalue weighted by Crippen LogP contribution is -2.35. The summed E-state index contributed by atoms with van der Waals surface area (Å²) in [6.07, 6.45) is 28.7. The number of phenols is 2. The minimum absolute atomic E-state index is 0.0670. The Morgan fingerprint density at radius 3 is 1.00 bits per heavy atom. The number of likely N-dealkylation sites (N-methyl/N-ethyl adjacent to an activating group) is 3. The van der Waals surface area contributed by atoms with Crippen molar-refractivity contribution in [3.05, 3.63) is 209 Å². The molecule has 98 heavy (non-hydrogen) atoms. The lowest BCUT2D eigenvalue weighted by molar-refractivity contribution is 0.0733. The van der Waals surface area contributed by atoms with Gasteiger partial charge in [0.2, 0.25) is 0 Å². The first-order valence-corrected chi connectivity index (χ1v) is 36.6. The summed E-state index contributed by atoms with van der Waals surface area (Å²) in [7, 11) is 7.74. The molecule has 0 spiro atoms. The highest BCUT2D eigenvalue weighted by atomic mass is 79.9. The van der Waals surface area contributed by atoms with E-state index in [4.69, 9.17) is 19.7 Å². The van der Waals surface area contributed by atoms with Gasteiger partial charge in [0.15, 0.2) is 0 Å². The molecule has 6 atom stereocenters. The average molecular weight is 1520 g/mol. The number of fused-ring (bicyclic) bond motifs is 9. The number of aromatic hydroxyl groups is 2. The third-order valence-electron chi connectivity index (χ3n) is 20.0. The Morgan fingerprint density at radius 2 is 0.724 bits per heavy atom. The van der Waals surface area contributed by atoms with E-state index in [1.165, 1.54) is 0 Å². The number of aromatic nitrogens is 6. The number of ether oxygens (including phenoxy) is 1. The van der Waals surface area contributed by atoms with E-state index >= 15 is 0 Å². The van der Waals surface area contributed by atoms with Crippen LogP contribution in [0.15, 0.2) is 143 Å². The topological polar surface area (TPSA) is 225 Å². The Morgan fingerprint density at radius 1 is 0.449 bits per heavy atom. The van der Waals surface area contributed by atoms with Gasteiger partial charge in [0.25, 0.3) is 16.7 Å². The van der Waals surface area contributed by atoms with Gasteiger partial charge in [0.1, 0.15) is 33.8 Å². The van der Waals surface area contributed by atoms with Gasteiger partial charge in [-0.25, -0.2) is 15.0 Å². The number of aliphatic hydroxyl groups is 3. The van der Waals surface area contributed by atoms with Crippen molar-refractivity contribution in [1.29, 1.82) is 0 Å². The van der Waals surface area contributed by atoms with Crippen LogP contribution in [0.3, 0.4) is 0 Å². The Balaban J connectivity index is 0.000000136. The molecule has 6 aliphatic rings. The van der Waals surface area contributed by atoms with Crippen LogP contribution in [0.5, 0.6) is 17.2 Å². The number of methoxy groups -OCH3 is 1. The van der Waals surface area contributed by atoms with Gasteiger partial charge in [-0.1, -0.05) is 111 Å². The molecule has 0 radical (unpaired) electrons. The van der Waals surface area contributed by atoms with Crippen LogP contribution >= 0.6 is 47.3 Å². The van der Waals surface area contributed by atoms with Crippen LogP contribution in [-0.4, -0.2) is 124 Å². The molecule has 0 bridgehead atoms. The largest absolute Gasteiger partial charge is 0.508 e. The van der Waals surface area contributed by atoms with Gasteiger partial charge >= 0.3 is 3.18 Å². The number of phenolic OH excluding ortho intramolecular Hbond substituents is 2. The quantitative estimate of drug-likeness (QED) is 0.0803. The van der Waals surface area contributed by atoms with E-state index in [0.29, 0.717) is 46.5 Å². The molecule has 6 heterocycles. The molecular weight excluding hydrogens is 1430 g/mol. The normalized spacial score (nSPS) is 20.1. The number of anilines is 3. The molecule has 3 fully saturated rings. The van der Waals surface area contributed by atoms with Crippen molar-refractivity contribution in [2.45, 2.75) is 133 Å². The number of benzene rings is 6. The van der Waals surface area contributed by atoms with Gasteiger partial charge in [0, 0.05) is 57.5 Å². The molecule has 0 unspecified atom stereocenters. The van der Waals surface area contributed by atoms with E-state index in [2.05, 4.69) is 111 Å². The molecule has 510 valence electrons. The minimum atomic E-state index is -0.509. The number of nitrogens with zero attached hydrogens (tertiary/aromatic N) is 9. The van der Waals surface area contributed by atoms with Gasteiger partial charge in [-0.05, 0) is 146 Å². The molecule has 15 rings (SSSR count). The van der Waals surface area contributed by atoms with Crippen molar-refractivity contribution in [3.8, 4) is 17.2 Å². The zero-order valence-corrected chi connectivity index (χ0v) is 60.4. The van der Waals surface area contributed by atoms with Gasteiger partial charge in [-0.3, -0.25) is 28.1 Å². The molecule has 3 aromatic heterocycles. The van der Waals surface area contributed by atoms with Crippen molar-refractivity contribution < 1.29 is 30.3 Å². The minimum Gasteiger partial charge on any atom is -0.508 e. The Labute approximate surface area is 595 Å². The zero-order valence-electron chi connectivity index (χ0n) is 55.7. The summed E-state index contributed by atoms with van der Waals surface area (Å²) in [5, 5.41) is 52.6. The van der Waals surface area contributed by atoms with Crippen LogP contribution in [0, 0.1) is 0 Å². The first-order chi connectivity index (χ1) is 47.3. The van der Waals surface area contributed by atoms with E-state index in [0.717, 1.165) is 175 Å². The van der Waals surface area contributed by atoms with Crippen LogP contribution in [0.25, 0.3) is 50.9 Å². The van der Waals surface area contributed by atoms with Crippen LogP contribution in [0.2, 0.25) is 0 Å². The predicted octanol–water partition coefficient (Wildman–Crippen LogP) is 13.4. The summed E-state index contributed by atoms with van der Waals surface area (Å²) in [6.45, 7) is 2.30. The highest BCUT2D eigenvalue weighted by Gasteiger charge is 2.32. The summed E-state index contributed by atoms with van der Waals surface area (Å²) in [5.41, 5.74) is 14.6. The van der Waals surface area contributed by atoms with E-state index in [-0.39, 0.29) is 49.5 Å². The molecule has 18 nitrogen and oxygen atoms in total. The summed E-state index contributed by atoms with van der Waals surface area (Å²) < 4.78 is 10.5. The van der Waals surface area contributed by atoms with Crippen molar-refractivity contribution in [1.82, 2.24) is 28.7 Å². The van der Waals surface area contributed by atoms with Crippen LogP contribution in [0.4, 0.5) is 17.1 Å². The number of hydrogen-bond acceptors (Lipinski definition) is 15. The molecule has 0 saturated heterocycles. The summed E-state index contributed by atoms with van der Waals surface area (Å²) in [5.74, 6) is 1.30. The summed E-state index contributed by atoms with van der Waals surface area (Å²) >= 11 is 9.31. The molecule has 9 aromatic rings. The molecule has 22 heteroatoms. The van der Waals surface area contributed by atoms with Crippen molar-refractivity contribution >= 4 is 118 Å². The molecule has 5 N–H and O–H groups in total. The van der Waals surface area contributed by atoms with E-state index < -0.39 is 18.3 Å². The fourth-order valence-electron chi connectivity index (χ4n) is 15.0. The number of halogens is 3. The molecule has 3 saturated carbocycles. The molecule has 3 aliphatic heterocycles. The molecule has 6 aromatic carbocycles. The van der Waals surface area contributed by atoms with Gasteiger partial charge in [-0.15, -0.1) is 47.3 Å². The molecule has 3 aliphatic carbocycles. The van der Waals surface area contributed by atoms with Gasteiger partial charge in [-0.2, -0.15) is 0 Å². The predicted molar refractivity (Wildman–Crippen MR) is 406 cm³/mol. The third kappa shape index (κ3) is 15.2. The lowest BCUT2D eigenvalue weighted by atomic mass is 9.91. The standard InChI is InChI=1S/C26H29N3O3.2C25H27N3O3.BBr3/c1-28-13-5-6-20-18(14-17-9-11-19(32-2)12-10-17)15-21-24(25(20)28)27-16-29(26(21)31)22-7-3-4-8-23(22)30;2*1-27-12-4-5-19-17(13-16-8-10-18(29)11-9-16)14-20-23(24(19)27)26-15-28(25(20)31)21-6-2-3-7-22(21)30;2-1(3)4/h5-6,9-12,15-16,22-23,30H,3-4,7-8,13-14H2,1-2H3;2*4-5,8-11,14-15,21-22,29-30H,2-3,6-7,12-13H2,1H3;/t22-,23-;2*21-,22-;/m000./s1. The number of rotatable bonds is 10. The van der Waals surface area contributed by atoms with Crippen molar-refractivity contribution in [2.24, 2.45) is 0 Å². The number of aliphatic hydroxyl groups excluding tert-OH is 3. The van der Waals surface area contributed by atoms with Crippen LogP contribution < -0.4 is 36.1 Å². The maximum absolute atomic E-state index is 13.6. The van der Waals surface area contributed by atoms with E-state index in [1.807, 2.05) is 75.7 Å². The van der Waals surface area contributed by atoms with Gasteiger partial charge in [0.05, 0.1) is 95.8 Å². The Hall–Kier alpha value is -7.86. The van der Waals surface area contributed by atoms with Crippen LogP contribution in [0.1, 0.15) is 145 Å². The summed E-state index contributed by atoms with van der Waals surface area (Å²) in [4.78, 5) is 61.3. The van der Waals surface area contributed by atoms with Gasteiger partial charge < -0.3 is 45.0 Å². The lowest BCUT2D eigenvalue weighted by Gasteiger charge is -2.30. The fraction of sp³-hybridized carbons (Fsp3) is 0.368.